The Hall–Kier alpha value is -1.46. The van der Waals surface area contributed by atoms with Crippen LogP contribution in [-0.4, -0.2) is 87.4 Å². The molecule has 28 heavy (non-hydrogen) atoms. The topological polar surface area (TPSA) is 100 Å². The molecule has 10 heteroatoms. The molecule has 0 amide bonds. The van der Waals surface area contributed by atoms with Crippen LogP contribution in [0.25, 0.3) is 0 Å². The van der Waals surface area contributed by atoms with Crippen LogP contribution in [0, 0.1) is 5.92 Å². The molecular formula is C18H26F3N3O4. The van der Waals surface area contributed by atoms with E-state index < -0.39 is 36.1 Å². The molecule has 0 bridgehead atoms. The molecule has 0 aliphatic carbocycles. The van der Waals surface area contributed by atoms with Crippen molar-refractivity contribution in [2.45, 2.75) is 43.4 Å². The van der Waals surface area contributed by atoms with E-state index in [0.717, 1.165) is 12.5 Å². The minimum Gasteiger partial charge on any atom is -0.395 e. The van der Waals surface area contributed by atoms with Gasteiger partial charge in [0.1, 0.15) is 18.0 Å². The van der Waals surface area contributed by atoms with Gasteiger partial charge in [-0.15, -0.1) is 0 Å². The molecule has 0 radical (unpaired) electrons. The number of anilines is 1. The van der Waals surface area contributed by atoms with Crippen LogP contribution in [-0.2, 0) is 6.18 Å². The number of aliphatic hydroxyl groups is 4. The molecule has 3 rings (SSSR count). The molecule has 1 aromatic heterocycles. The lowest BCUT2D eigenvalue weighted by atomic mass is 9.91. The van der Waals surface area contributed by atoms with Gasteiger partial charge < -0.3 is 25.3 Å². The smallest absolute Gasteiger partial charge is 0.395 e. The highest BCUT2D eigenvalue weighted by molar-refractivity contribution is 5.48. The average Bonchev–Trinajstić information content (AvgIpc) is 2.66. The predicted molar refractivity (Wildman–Crippen MR) is 94.6 cm³/mol. The fourth-order valence-electron chi connectivity index (χ4n) is 4.20. The highest BCUT2D eigenvalue weighted by atomic mass is 19.4. The van der Waals surface area contributed by atoms with Gasteiger partial charge in [-0.25, -0.2) is 4.98 Å². The van der Waals surface area contributed by atoms with E-state index in [4.69, 9.17) is 0 Å². The normalized spacial score (nSPS) is 32.5. The fourth-order valence-corrected chi connectivity index (χ4v) is 4.20. The molecule has 7 nitrogen and oxygen atoms in total. The minimum atomic E-state index is -4.49. The number of hydrogen-bond donors (Lipinski definition) is 4. The molecule has 0 aromatic carbocycles. The summed E-state index contributed by atoms with van der Waals surface area (Å²) >= 11 is 0. The lowest BCUT2D eigenvalue weighted by Gasteiger charge is -2.45. The summed E-state index contributed by atoms with van der Waals surface area (Å²) in [7, 11) is 0. The van der Waals surface area contributed by atoms with Crippen molar-refractivity contribution in [3.63, 3.8) is 0 Å². The minimum absolute atomic E-state index is 0.0273. The number of pyridine rings is 1. The van der Waals surface area contributed by atoms with E-state index in [0.29, 0.717) is 26.1 Å². The molecule has 2 saturated heterocycles. The molecular weight excluding hydrogens is 379 g/mol. The number of piperidine rings is 2. The van der Waals surface area contributed by atoms with E-state index in [1.54, 1.807) is 9.80 Å². The quantitative estimate of drug-likeness (QED) is 0.563. The summed E-state index contributed by atoms with van der Waals surface area (Å²) in [5.41, 5.74) is -0.768. The molecule has 3 heterocycles. The first-order valence-corrected chi connectivity index (χ1v) is 9.38. The van der Waals surface area contributed by atoms with Crippen molar-refractivity contribution in [1.82, 2.24) is 9.88 Å². The van der Waals surface area contributed by atoms with Crippen LogP contribution in [0.1, 0.15) is 18.4 Å². The Morgan fingerprint density at radius 1 is 1.14 bits per heavy atom. The lowest BCUT2D eigenvalue weighted by Crippen LogP contribution is -2.63. The zero-order chi connectivity index (χ0) is 20.5. The molecule has 1 aromatic rings. The van der Waals surface area contributed by atoms with Crippen LogP contribution >= 0.6 is 0 Å². The summed E-state index contributed by atoms with van der Waals surface area (Å²) in [6.07, 6.45) is -5.46. The van der Waals surface area contributed by atoms with E-state index in [9.17, 15) is 33.6 Å². The number of aliphatic hydroxyl groups excluding tert-OH is 4. The van der Waals surface area contributed by atoms with Gasteiger partial charge in [0.05, 0.1) is 24.3 Å². The largest absolute Gasteiger partial charge is 0.419 e. The third-order valence-corrected chi connectivity index (χ3v) is 5.62. The first kappa shape index (κ1) is 21.3. The Kier molecular flexibility index (Phi) is 6.45. The lowest BCUT2D eigenvalue weighted by molar-refractivity contribution is -0.147. The van der Waals surface area contributed by atoms with Crippen LogP contribution < -0.4 is 4.90 Å². The van der Waals surface area contributed by atoms with Gasteiger partial charge in [0.25, 0.3) is 0 Å². The van der Waals surface area contributed by atoms with Crippen molar-refractivity contribution in [2.24, 2.45) is 5.92 Å². The zero-order valence-corrected chi connectivity index (χ0v) is 15.3. The summed E-state index contributed by atoms with van der Waals surface area (Å²) in [6, 6.07) is 1.56. The van der Waals surface area contributed by atoms with Gasteiger partial charge in [0.15, 0.2) is 0 Å². The highest BCUT2D eigenvalue weighted by Crippen LogP contribution is 2.36. The Labute approximate surface area is 161 Å². The third-order valence-electron chi connectivity index (χ3n) is 5.62. The van der Waals surface area contributed by atoms with Crippen molar-refractivity contribution in [3.05, 3.63) is 23.9 Å². The van der Waals surface area contributed by atoms with Gasteiger partial charge >= 0.3 is 6.18 Å². The van der Waals surface area contributed by atoms with Crippen molar-refractivity contribution in [3.8, 4) is 0 Å². The number of hydrogen-bond acceptors (Lipinski definition) is 7. The Bertz CT molecular complexity index is 663. The average molecular weight is 405 g/mol. The van der Waals surface area contributed by atoms with Gasteiger partial charge in [0, 0.05) is 32.4 Å². The number of aromatic nitrogens is 1. The van der Waals surface area contributed by atoms with E-state index in [2.05, 4.69) is 4.98 Å². The molecule has 0 saturated carbocycles. The van der Waals surface area contributed by atoms with E-state index in [-0.39, 0.29) is 24.9 Å². The van der Waals surface area contributed by atoms with Gasteiger partial charge in [-0.3, -0.25) is 4.90 Å². The molecule has 5 atom stereocenters. The van der Waals surface area contributed by atoms with Crippen LogP contribution in [0.4, 0.5) is 19.0 Å². The maximum Gasteiger partial charge on any atom is 0.419 e. The van der Waals surface area contributed by atoms with Crippen molar-refractivity contribution < 1.29 is 33.6 Å². The number of β-amino-alcohol motifs (C(OH)–C–C–N with tert-alkyl or cyclic N) is 1. The Balaban J connectivity index is 1.72. The summed E-state index contributed by atoms with van der Waals surface area (Å²) in [5, 5.41) is 39.4. The Morgan fingerprint density at radius 2 is 1.89 bits per heavy atom. The van der Waals surface area contributed by atoms with Crippen molar-refractivity contribution in [1.29, 1.82) is 0 Å². The molecule has 4 N–H and O–H groups in total. The highest BCUT2D eigenvalue weighted by Gasteiger charge is 2.42. The summed E-state index contributed by atoms with van der Waals surface area (Å²) in [6.45, 7) is 0.890. The summed E-state index contributed by atoms with van der Waals surface area (Å²) in [4.78, 5) is 7.28. The zero-order valence-electron chi connectivity index (χ0n) is 15.3. The van der Waals surface area contributed by atoms with Gasteiger partial charge in [-0.1, -0.05) is 0 Å². The third kappa shape index (κ3) is 4.41. The first-order valence-electron chi connectivity index (χ1n) is 9.38. The number of halogens is 3. The second-order valence-electron chi connectivity index (χ2n) is 7.58. The first-order chi connectivity index (χ1) is 13.2. The number of likely N-dealkylation sites (tertiary alicyclic amines) is 1. The van der Waals surface area contributed by atoms with Crippen molar-refractivity contribution in [2.75, 3.05) is 37.7 Å². The van der Waals surface area contributed by atoms with Crippen LogP contribution in [0.5, 0.6) is 0 Å². The van der Waals surface area contributed by atoms with Crippen LogP contribution in [0.3, 0.4) is 0 Å². The molecule has 2 fully saturated rings. The molecule has 0 spiro atoms. The molecule has 2 aliphatic heterocycles. The number of alkyl halides is 3. The second-order valence-corrected chi connectivity index (χ2v) is 7.58. The van der Waals surface area contributed by atoms with Gasteiger partial charge in [-0.2, -0.15) is 13.2 Å². The van der Waals surface area contributed by atoms with E-state index >= 15 is 0 Å². The van der Waals surface area contributed by atoms with Crippen LogP contribution in [0.2, 0.25) is 0 Å². The summed E-state index contributed by atoms with van der Waals surface area (Å²) in [5.74, 6) is -0.118. The monoisotopic (exact) mass is 405 g/mol. The van der Waals surface area contributed by atoms with Crippen LogP contribution in [0.15, 0.2) is 18.3 Å². The standard InChI is InChI=1S/C18H26F3N3O4/c19-18(20,21)12-4-1-5-22-17(12)23-6-2-3-11(7-23)8-24-9-14(26)16(28)15(27)13(24)10-25/h1,4-5,11,13-16,25-28H,2-3,6-10H2/t11-,13+,14-,15+,16+/m0/s1. The molecule has 158 valence electrons. The van der Waals surface area contributed by atoms with E-state index in [1.165, 1.54) is 12.3 Å². The SMILES string of the molecule is OC[C@@H]1[C@@H](O)[C@H](O)[C@@H](O)CN1C[C@H]1CCCN(c2ncccc2C(F)(F)F)C1. The molecule has 0 unspecified atom stereocenters. The number of rotatable bonds is 4. The maximum absolute atomic E-state index is 13.3. The maximum atomic E-state index is 13.3. The second kappa shape index (κ2) is 8.50. The van der Waals surface area contributed by atoms with E-state index in [1.807, 2.05) is 0 Å². The summed E-state index contributed by atoms with van der Waals surface area (Å²) < 4.78 is 39.9. The Morgan fingerprint density at radius 3 is 2.57 bits per heavy atom. The number of nitrogens with zero attached hydrogens (tertiary/aromatic N) is 3. The van der Waals surface area contributed by atoms with Gasteiger partial charge in [-0.05, 0) is 30.9 Å². The predicted octanol–water partition coefficient (Wildman–Crippen LogP) is 0.0760. The fraction of sp³-hybridized carbons (Fsp3) is 0.722. The van der Waals surface area contributed by atoms with Crippen molar-refractivity contribution >= 4 is 5.82 Å². The molecule has 2 aliphatic rings. The van der Waals surface area contributed by atoms with Gasteiger partial charge in [0.2, 0.25) is 0 Å².